The average Bonchev–Trinajstić information content (AvgIpc) is 2.75. The van der Waals surface area contributed by atoms with Crippen LogP contribution in [-0.2, 0) is 16.1 Å². The molecule has 0 saturated heterocycles. The van der Waals surface area contributed by atoms with Crippen molar-refractivity contribution in [1.29, 1.82) is 0 Å². The molecule has 0 radical (unpaired) electrons. The van der Waals surface area contributed by atoms with Gasteiger partial charge in [-0.25, -0.2) is 9.48 Å². The van der Waals surface area contributed by atoms with Gasteiger partial charge in [-0.1, -0.05) is 42.5 Å². The van der Waals surface area contributed by atoms with Gasteiger partial charge in [0.25, 0.3) is 11.5 Å². The zero-order valence-electron chi connectivity index (χ0n) is 16.0. The van der Waals surface area contributed by atoms with E-state index < -0.39 is 30.7 Å². The van der Waals surface area contributed by atoms with Gasteiger partial charge in [0.1, 0.15) is 5.75 Å². The third-order valence-electron chi connectivity index (χ3n) is 3.96. The first-order valence-corrected chi connectivity index (χ1v) is 9.05. The summed E-state index contributed by atoms with van der Waals surface area (Å²) >= 11 is 0. The molecule has 0 saturated carbocycles. The van der Waals surface area contributed by atoms with Gasteiger partial charge in [0.05, 0.1) is 12.2 Å². The molecule has 1 heterocycles. The maximum absolute atomic E-state index is 12.4. The number of halogens is 2. The molecule has 31 heavy (non-hydrogen) atoms. The van der Waals surface area contributed by atoms with Crippen LogP contribution in [0.1, 0.15) is 16.1 Å². The minimum Gasteiger partial charge on any atom is -0.451 e. The van der Waals surface area contributed by atoms with Crippen LogP contribution in [0.4, 0.5) is 14.5 Å². The summed E-state index contributed by atoms with van der Waals surface area (Å²) in [5.41, 5.74) is 0.239. The number of para-hydroxylation sites is 2. The fraction of sp³-hybridized carbons (Fsp3) is 0.143. The van der Waals surface area contributed by atoms with Gasteiger partial charge in [-0.15, -0.1) is 0 Å². The van der Waals surface area contributed by atoms with Crippen LogP contribution in [-0.4, -0.2) is 34.9 Å². The molecule has 0 aliphatic heterocycles. The third-order valence-corrected chi connectivity index (χ3v) is 3.96. The van der Waals surface area contributed by atoms with E-state index in [0.29, 0.717) is 0 Å². The van der Waals surface area contributed by atoms with Crippen molar-refractivity contribution in [2.24, 2.45) is 0 Å². The first-order chi connectivity index (χ1) is 14.9. The van der Waals surface area contributed by atoms with E-state index in [1.165, 1.54) is 36.4 Å². The molecule has 10 heteroatoms. The second-order valence-corrected chi connectivity index (χ2v) is 6.20. The summed E-state index contributed by atoms with van der Waals surface area (Å²) in [6, 6.07) is 17.0. The standard InChI is InChI=1S/C21H17F2N3O5/c22-21(23)31-17-9-5-4-8-15(17)24-18(27)13-30-20(29)16-10-11-19(28)26(25-16)12-14-6-2-1-3-7-14/h1-11,21H,12-13H2,(H,24,27). The number of amides is 1. The number of nitrogens with zero attached hydrogens (tertiary/aromatic N) is 2. The Hall–Kier alpha value is -4.08. The molecule has 1 amide bonds. The van der Waals surface area contributed by atoms with E-state index in [2.05, 4.69) is 15.2 Å². The van der Waals surface area contributed by atoms with Gasteiger partial charge >= 0.3 is 12.6 Å². The summed E-state index contributed by atoms with van der Waals surface area (Å²) in [4.78, 5) is 36.3. The van der Waals surface area contributed by atoms with E-state index in [4.69, 9.17) is 4.74 Å². The number of alkyl halides is 2. The predicted octanol–water partition coefficient (Wildman–Crippen LogP) is 2.69. The smallest absolute Gasteiger partial charge is 0.387 e. The van der Waals surface area contributed by atoms with Crippen molar-refractivity contribution < 1.29 is 27.8 Å². The molecular weight excluding hydrogens is 412 g/mol. The molecule has 0 spiro atoms. The second kappa shape index (κ2) is 10.1. The van der Waals surface area contributed by atoms with Gasteiger partial charge in [-0.2, -0.15) is 13.9 Å². The first kappa shape index (κ1) is 21.6. The number of rotatable bonds is 8. The van der Waals surface area contributed by atoms with Crippen molar-refractivity contribution in [2.45, 2.75) is 13.2 Å². The molecular formula is C21H17F2N3O5. The van der Waals surface area contributed by atoms with E-state index in [9.17, 15) is 23.2 Å². The number of anilines is 1. The molecule has 3 rings (SSSR count). The highest BCUT2D eigenvalue weighted by Gasteiger charge is 2.16. The van der Waals surface area contributed by atoms with Gasteiger partial charge in [0.2, 0.25) is 0 Å². The molecule has 1 aromatic heterocycles. The lowest BCUT2D eigenvalue weighted by Crippen LogP contribution is -2.27. The molecule has 2 aromatic carbocycles. The molecule has 3 aromatic rings. The molecule has 0 aliphatic carbocycles. The van der Waals surface area contributed by atoms with Crippen molar-refractivity contribution in [3.63, 3.8) is 0 Å². The quantitative estimate of drug-likeness (QED) is 0.553. The van der Waals surface area contributed by atoms with Crippen LogP contribution >= 0.6 is 0 Å². The number of hydrogen-bond acceptors (Lipinski definition) is 6. The number of ether oxygens (including phenoxy) is 2. The fourth-order valence-corrected chi connectivity index (χ4v) is 2.59. The highest BCUT2D eigenvalue weighted by Crippen LogP contribution is 2.25. The van der Waals surface area contributed by atoms with E-state index in [1.807, 2.05) is 18.2 Å². The van der Waals surface area contributed by atoms with E-state index in [0.717, 1.165) is 10.2 Å². The van der Waals surface area contributed by atoms with Gasteiger partial charge < -0.3 is 14.8 Å². The number of nitrogens with one attached hydrogen (secondary N) is 1. The lowest BCUT2D eigenvalue weighted by Gasteiger charge is -2.12. The minimum atomic E-state index is -3.06. The highest BCUT2D eigenvalue weighted by molar-refractivity contribution is 5.95. The Kier molecular flexibility index (Phi) is 7.05. The normalized spacial score (nSPS) is 10.5. The SMILES string of the molecule is O=C(COC(=O)c1ccc(=O)n(Cc2ccccc2)n1)Nc1ccccc1OC(F)F. The van der Waals surface area contributed by atoms with Crippen LogP contribution in [0.3, 0.4) is 0 Å². The molecule has 0 unspecified atom stereocenters. The first-order valence-electron chi connectivity index (χ1n) is 9.05. The summed E-state index contributed by atoms with van der Waals surface area (Å²) in [5, 5.41) is 6.30. The van der Waals surface area contributed by atoms with Crippen LogP contribution in [0.15, 0.2) is 71.5 Å². The number of hydrogen-bond donors (Lipinski definition) is 1. The molecule has 8 nitrogen and oxygen atoms in total. The molecule has 0 bridgehead atoms. The Bertz CT molecular complexity index is 1120. The van der Waals surface area contributed by atoms with E-state index >= 15 is 0 Å². The maximum Gasteiger partial charge on any atom is 0.387 e. The number of benzene rings is 2. The van der Waals surface area contributed by atoms with Crippen LogP contribution in [0.5, 0.6) is 5.75 Å². The second-order valence-electron chi connectivity index (χ2n) is 6.20. The van der Waals surface area contributed by atoms with Crippen molar-refractivity contribution in [3.8, 4) is 5.75 Å². The Labute approximate surface area is 175 Å². The fourth-order valence-electron chi connectivity index (χ4n) is 2.59. The summed E-state index contributed by atoms with van der Waals surface area (Å²) in [6.45, 7) is -3.60. The highest BCUT2D eigenvalue weighted by atomic mass is 19.3. The van der Waals surface area contributed by atoms with E-state index in [-0.39, 0.29) is 23.7 Å². The molecule has 0 aliphatic rings. The van der Waals surface area contributed by atoms with Crippen molar-refractivity contribution in [1.82, 2.24) is 9.78 Å². The minimum absolute atomic E-state index is 0.00150. The van der Waals surface area contributed by atoms with E-state index in [1.54, 1.807) is 12.1 Å². The number of carbonyl (C=O) groups excluding carboxylic acids is 2. The molecule has 0 fully saturated rings. The summed E-state index contributed by atoms with van der Waals surface area (Å²) in [7, 11) is 0. The largest absolute Gasteiger partial charge is 0.451 e. The van der Waals surface area contributed by atoms with Gasteiger partial charge in [0.15, 0.2) is 12.3 Å². The van der Waals surface area contributed by atoms with Gasteiger partial charge in [0, 0.05) is 6.07 Å². The zero-order valence-corrected chi connectivity index (χ0v) is 16.0. The number of esters is 1. The van der Waals surface area contributed by atoms with Crippen molar-refractivity contribution in [3.05, 3.63) is 88.3 Å². The Morgan fingerprint density at radius 1 is 1.00 bits per heavy atom. The zero-order chi connectivity index (χ0) is 22.2. The number of carbonyl (C=O) groups is 2. The lowest BCUT2D eigenvalue weighted by molar-refractivity contribution is -0.119. The van der Waals surface area contributed by atoms with Crippen LogP contribution in [0.2, 0.25) is 0 Å². The number of aromatic nitrogens is 2. The summed E-state index contributed by atoms with van der Waals surface area (Å²) < 4.78 is 35.2. The Morgan fingerprint density at radius 3 is 2.45 bits per heavy atom. The third kappa shape index (κ3) is 6.20. The average molecular weight is 429 g/mol. The molecule has 160 valence electrons. The maximum atomic E-state index is 12.4. The molecule has 0 atom stereocenters. The molecule has 1 N–H and O–H groups in total. The van der Waals surface area contributed by atoms with Crippen molar-refractivity contribution in [2.75, 3.05) is 11.9 Å². The van der Waals surface area contributed by atoms with Crippen LogP contribution < -0.4 is 15.6 Å². The predicted molar refractivity (Wildman–Crippen MR) is 106 cm³/mol. The van der Waals surface area contributed by atoms with Crippen molar-refractivity contribution >= 4 is 17.6 Å². The monoisotopic (exact) mass is 429 g/mol. The van der Waals surface area contributed by atoms with Crippen LogP contribution in [0, 0.1) is 0 Å². The lowest BCUT2D eigenvalue weighted by atomic mass is 10.2. The topological polar surface area (TPSA) is 99.5 Å². The summed E-state index contributed by atoms with van der Waals surface area (Å²) in [6.07, 6.45) is 0. The summed E-state index contributed by atoms with van der Waals surface area (Å²) in [5.74, 6) is -1.92. The van der Waals surface area contributed by atoms with Gasteiger partial charge in [-0.05, 0) is 23.8 Å². The van der Waals surface area contributed by atoms with Gasteiger partial charge in [-0.3, -0.25) is 9.59 Å². The Balaban J connectivity index is 1.61. The van der Waals surface area contributed by atoms with Crippen LogP contribution in [0.25, 0.3) is 0 Å². The Morgan fingerprint density at radius 2 is 1.71 bits per heavy atom.